The van der Waals surface area contributed by atoms with E-state index in [0.29, 0.717) is 12.8 Å². The molecular weight excluding hydrogens is 324 g/mol. The second-order valence-electron chi connectivity index (χ2n) is 7.30. The number of aromatic nitrogens is 1. The zero-order valence-electron chi connectivity index (χ0n) is 15.5. The van der Waals surface area contributed by atoms with Gasteiger partial charge in [0.2, 0.25) is 5.91 Å². The van der Waals surface area contributed by atoms with Crippen molar-refractivity contribution in [2.45, 2.75) is 63.9 Å². The second-order valence-corrected chi connectivity index (χ2v) is 7.30. The molecule has 0 bridgehead atoms. The van der Waals surface area contributed by atoms with Crippen LogP contribution in [-0.2, 0) is 23.2 Å². The Hall–Kier alpha value is -2.20. The number of pyridine rings is 1. The molecule has 1 aliphatic rings. The summed E-state index contributed by atoms with van der Waals surface area (Å²) in [6.45, 7) is 2.19. The largest absolute Gasteiger partial charge is 0.385 e. The van der Waals surface area contributed by atoms with E-state index in [1.54, 1.807) is 6.20 Å². The fraction of sp³-hybridized carbons (Fsp3) is 0.455. The maximum atomic E-state index is 11.6. The van der Waals surface area contributed by atoms with Crippen molar-refractivity contribution in [1.29, 1.82) is 0 Å². The molecule has 0 spiro atoms. The number of benzene rings is 1. The fourth-order valence-corrected chi connectivity index (χ4v) is 3.69. The number of aliphatic hydroxyl groups is 1. The quantitative estimate of drug-likeness (QED) is 0.694. The Bertz CT molecular complexity index is 745. The molecule has 0 aliphatic carbocycles. The highest BCUT2D eigenvalue weighted by Crippen LogP contribution is 2.35. The lowest BCUT2D eigenvalue weighted by molar-refractivity contribution is -0.116. The standard InChI is InChI=1S/C22H28N2O2/c1-2-3-4-5-12-22(26,15-17-7-6-13-23-16-17)19-9-10-20-18(14-19)8-11-21(25)24-20/h6-7,9-10,13-14,16,26H,2-5,8,11-12,15H2,1H3,(H,24,25). The summed E-state index contributed by atoms with van der Waals surface area (Å²) in [5.74, 6) is 0.0652. The lowest BCUT2D eigenvalue weighted by Crippen LogP contribution is -2.29. The first-order valence-corrected chi connectivity index (χ1v) is 9.65. The number of rotatable bonds is 8. The number of aryl methyl sites for hydroxylation is 1. The maximum Gasteiger partial charge on any atom is 0.224 e. The Labute approximate surface area is 155 Å². The molecule has 1 atom stereocenters. The van der Waals surface area contributed by atoms with Crippen LogP contribution in [-0.4, -0.2) is 16.0 Å². The van der Waals surface area contributed by atoms with Gasteiger partial charge in [-0.3, -0.25) is 9.78 Å². The van der Waals surface area contributed by atoms with Gasteiger partial charge in [0.05, 0.1) is 5.60 Å². The molecule has 2 N–H and O–H groups in total. The third-order valence-corrected chi connectivity index (χ3v) is 5.20. The molecule has 1 unspecified atom stereocenters. The van der Waals surface area contributed by atoms with Crippen molar-refractivity contribution in [3.05, 3.63) is 59.4 Å². The van der Waals surface area contributed by atoms with E-state index in [1.807, 2.05) is 30.5 Å². The van der Waals surface area contributed by atoms with Crippen LogP contribution in [0.3, 0.4) is 0 Å². The number of fused-ring (bicyclic) bond motifs is 1. The van der Waals surface area contributed by atoms with Gasteiger partial charge in [-0.1, -0.05) is 50.8 Å². The monoisotopic (exact) mass is 352 g/mol. The number of anilines is 1. The lowest BCUT2D eigenvalue weighted by atomic mass is 9.82. The summed E-state index contributed by atoms with van der Waals surface area (Å²) >= 11 is 0. The molecule has 4 heteroatoms. The van der Waals surface area contributed by atoms with Crippen LogP contribution in [0.25, 0.3) is 0 Å². The van der Waals surface area contributed by atoms with Crippen LogP contribution in [0.4, 0.5) is 5.69 Å². The molecule has 1 aromatic carbocycles. The lowest BCUT2D eigenvalue weighted by Gasteiger charge is -2.30. The molecule has 138 valence electrons. The van der Waals surface area contributed by atoms with Crippen molar-refractivity contribution in [2.24, 2.45) is 0 Å². The summed E-state index contributed by atoms with van der Waals surface area (Å²) in [6, 6.07) is 9.89. The van der Waals surface area contributed by atoms with Crippen LogP contribution in [0.2, 0.25) is 0 Å². The van der Waals surface area contributed by atoms with E-state index in [0.717, 1.165) is 48.1 Å². The first kappa shape index (κ1) is 18.6. The molecule has 2 aromatic rings. The minimum Gasteiger partial charge on any atom is -0.385 e. The summed E-state index contributed by atoms with van der Waals surface area (Å²) in [5, 5.41) is 14.5. The molecule has 2 heterocycles. The van der Waals surface area contributed by atoms with Gasteiger partial charge in [-0.2, -0.15) is 0 Å². The van der Waals surface area contributed by atoms with Gasteiger partial charge in [0.1, 0.15) is 0 Å². The van der Waals surface area contributed by atoms with Crippen molar-refractivity contribution in [3.8, 4) is 0 Å². The summed E-state index contributed by atoms with van der Waals surface area (Å²) in [5.41, 5.74) is 3.05. The van der Waals surface area contributed by atoms with Crippen molar-refractivity contribution >= 4 is 11.6 Å². The minimum absolute atomic E-state index is 0.0652. The van der Waals surface area contributed by atoms with Crippen molar-refractivity contribution in [1.82, 2.24) is 4.98 Å². The van der Waals surface area contributed by atoms with E-state index in [2.05, 4.69) is 23.3 Å². The zero-order valence-corrected chi connectivity index (χ0v) is 15.5. The second kappa shape index (κ2) is 8.45. The Morgan fingerprint density at radius 2 is 2.08 bits per heavy atom. The van der Waals surface area contributed by atoms with E-state index < -0.39 is 5.60 Å². The van der Waals surface area contributed by atoms with E-state index in [1.165, 1.54) is 12.8 Å². The number of carbonyl (C=O) groups is 1. The minimum atomic E-state index is -0.909. The van der Waals surface area contributed by atoms with Gasteiger partial charge in [-0.25, -0.2) is 0 Å². The van der Waals surface area contributed by atoms with Gasteiger partial charge >= 0.3 is 0 Å². The van der Waals surface area contributed by atoms with Crippen LogP contribution in [0.15, 0.2) is 42.7 Å². The third kappa shape index (κ3) is 4.50. The number of hydrogen-bond acceptors (Lipinski definition) is 3. The highest BCUT2D eigenvalue weighted by molar-refractivity contribution is 5.93. The van der Waals surface area contributed by atoms with Crippen LogP contribution in [0, 0.1) is 0 Å². The van der Waals surface area contributed by atoms with E-state index in [-0.39, 0.29) is 5.91 Å². The van der Waals surface area contributed by atoms with Crippen molar-refractivity contribution in [2.75, 3.05) is 5.32 Å². The average molecular weight is 352 g/mol. The Balaban J connectivity index is 1.85. The number of hydrogen-bond donors (Lipinski definition) is 2. The molecule has 0 saturated carbocycles. The smallest absolute Gasteiger partial charge is 0.224 e. The Kier molecular flexibility index (Phi) is 6.04. The normalized spacial score (nSPS) is 15.8. The topological polar surface area (TPSA) is 62.2 Å². The number of nitrogens with one attached hydrogen (secondary N) is 1. The average Bonchev–Trinajstić information content (AvgIpc) is 2.65. The Morgan fingerprint density at radius 1 is 1.19 bits per heavy atom. The summed E-state index contributed by atoms with van der Waals surface area (Å²) in [7, 11) is 0. The molecule has 0 saturated heterocycles. The first-order chi connectivity index (χ1) is 12.6. The Morgan fingerprint density at radius 3 is 2.85 bits per heavy atom. The number of nitrogens with zero attached hydrogens (tertiary/aromatic N) is 1. The first-order valence-electron chi connectivity index (χ1n) is 9.65. The number of unbranched alkanes of at least 4 members (excludes halogenated alkanes) is 3. The number of carbonyl (C=O) groups excluding carboxylic acids is 1. The molecule has 1 aromatic heterocycles. The maximum absolute atomic E-state index is 11.6. The van der Waals surface area contributed by atoms with E-state index in [9.17, 15) is 9.90 Å². The van der Waals surface area contributed by atoms with Crippen molar-refractivity contribution in [3.63, 3.8) is 0 Å². The van der Waals surface area contributed by atoms with E-state index >= 15 is 0 Å². The predicted octanol–water partition coefficient (Wildman–Crippen LogP) is 4.37. The fourth-order valence-electron chi connectivity index (χ4n) is 3.69. The van der Waals surface area contributed by atoms with Gasteiger partial charge in [0.25, 0.3) is 0 Å². The molecule has 26 heavy (non-hydrogen) atoms. The summed E-state index contributed by atoms with van der Waals surface area (Å²) in [4.78, 5) is 15.8. The van der Waals surface area contributed by atoms with Gasteiger partial charge in [0, 0.05) is 30.9 Å². The molecule has 3 rings (SSSR count). The molecule has 1 aliphatic heterocycles. The predicted molar refractivity (Wildman–Crippen MR) is 104 cm³/mol. The van der Waals surface area contributed by atoms with Crippen LogP contribution in [0.1, 0.15) is 62.1 Å². The van der Waals surface area contributed by atoms with Crippen LogP contribution < -0.4 is 5.32 Å². The van der Waals surface area contributed by atoms with Gasteiger partial charge in [0.15, 0.2) is 0 Å². The van der Waals surface area contributed by atoms with Gasteiger partial charge < -0.3 is 10.4 Å². The highest BCUT2D eigenvalue weighted by Gasteiger charge is 2.30. The molecular formula is C22H28N2O2. The van der Waals surface area contributed by atoms with Gasteiger partial charge in [-0.05, 0) is 41.7 Å². The summed E-state index contributed by atoms with van der Waals surface area (Å²) < 4.78 is 0. The zero-order chi connectivity index (χ0) is 18.4. The van der Waals surface area contributed by atoms with Crippen LogP contribution >= 0.6 is 0 Å². The number of amides is 1. The summed E-state index contributed by atoms with van der Waals surface area (Å²) in [6.07, 6.45) is 10.6. The van der Waals surface area contributed by atoms with Gasteiger partial charge in [-0.15, -0.1) is 0 Å². The molecule has 1 amide bonds. The van der Waals surface area contributed by atoms with Crippen molar-refractivity contribution < 1.29 is 9.90 Å². The highest BCUT2D eigenvalue weighted by atomic mass is 16.3. The molecule has 4 nitrogen and oxygen atoms in total. The van der Waals surface area contributed by atoms with E-state index in [4.69, 9.17) is 0 Å². The SMILES string of the molecule is CCCCCCC(O)(Cc1cccnc1)c1ccc2c(c1)CCC(=O)N2. The molecule has 0 radical (unpaired) electrons. The third-order valence-electron chi connectivity index (χ3n) is 5.20. The van der Waals surface area contributed by atoms with Crippen LogP contribution in [0.5, 0.6) is 0 Å². The molecule has 0 fully saturated rings.